The minimum Gasteiger partial charge on any atom is -0.322 e. The van der Waals surface area contributed by atoms with E-state index in [-0.39, 0.29) is 17.2 Å². The Morgan fingerprint density at radius 1 is 1.29 bits per heavy atom. The van der Waals surface area contributed by atoms with Gasteiger partial charge in [0.2, 0.25) is 0 Å². The van der Waals surface area contributed by atoms with Crippen LogP contribution in [0.5, 0.6) is 0 Å². The SMILES string of the molecule is CCCCC[C@@H](N)C(=O)CC(C)(C)C. The molecule has 2 nitrogen and oxygen atoms in total. The first kappa shape index (κ1) is 13.6. The third-order valence-corrected chi connectivity index (χ3v) is 2.24. The van der Waals surface area contributed by atoms with Crippen molar-refractivity contribution in [2.75, 3.05) is 0 Å². The number of unbranched alkanes of at least 4 members (excludes halogenated alkanes) is 2. The summed E-state index contributed by atoms with van der Waals surface area (Å²) >= 11 is 0. The van der Waals surface area contributed by atoms with Gasteiger partial charge in [0.25, 0.3) is 0 Å². The summed E-state index contributed by atoms with van der Waals surface area (Å²) in [6.07, 6.45) is 4.88. The van der Waals surface area contributed by atoms with Gasteiger partial charge in [-0.1, -0.05) is 47.0 Å². The highest BCUT2D eigenvalue weighted by Crippen LogP contribution is 2.20. The zero-order chi connectivity index (χ0) is 11.2. The quantitative estimate of drug-likeness (QED) is 0.668. The fourth-order valence-corrected chi connectivity index (χ4v) is 1.43. The number of rotatable bonds is 6. The Hall–Kier alpha value is -0.370. The van der Waals surface area contributed by atoms with Crippen molar-refractivity contribution in [3.63, 3.8) is 0 Å². The largest absolute Gasteiger partial charge is 0.322 e. The van der Waals surface area contributed by atoms with Crippen molar-refractivity contribution in [2.45, 2.75) is 65.8 Å². The van der Waals surface area contributed by atoms with Crippen LogP contribution in [0.2, 0.25) is 0 Å². The second kappa shape index (κ2) is 6.18. The predicted octanol–water partition coefficient (Wildman–Crippen LogP) is 2.90. The molecule has 0 spiro atoms. The van der Waals surface area contributed by atoms with Crippen LogP contribution in [0.1, 0.15) is 59.8 Å². The molecule has 0 aromatic heterocycles. The lowest BCUT2D eigenvalue weighted by atomic mass is 9.87. The Labute approximate surface area is 88.3 Å². The van der Waals surface area contributed by atoms with Crippen LogP contribution in [0.15, 0.2) is 0 Å². The smallest absolute Gasteiger partial charge is 0.150 e. The molecule has 0 aliphatic rings. The highest BCUT2D eigenvalue weighted by Gasteiger charge is 2.20. The lowest BCUT2D eigenvalue weighted by molar-refractivity contribution is -0.122. The number of nitrogens with two attached hydrogens (primary N) is 1. The number of Topliss-reactive ketones (excluding diaryl/α,β-unsaturated/α-hetero) is 1. The molecule has 0 bridgehead atoms. The summed E-state index contributed by atoms with van der Waals surface area (Å²) < 4.78 is 0. The van der Waals surface area contributed by atoms with Gasteiger partial charge < -0.3 is 5.73 Å². The Bertz CT molecular complexity index is 170. The van der Waals surface area contributed by atoms with Crippen LogP contribution in [0, 0.1) is 5.41 Å². The van der Waals surface area contributed by atoms with Crippen LogP contribution >= 0.6 is 0 Å². The first-order valence-corrected chi connectivity index (χ1v) is 5.65. The van der Waals surface area contributed by atoms with E-state index in [4.69, 9.17) is 5.73 Å². The Morgan fingerprint density at radius 3 is 2.29 bits per heavy atom. The van der Waals surface area contributed by atoms with Crippen LogP contribution in [0.25, 0.3) is 0 Å². The summed E-state index contributed by atoms with van der Waals surface area (Å²) in [5.74, 6) is 0.216. The van der Waals surface area contributed by atoms with E-state index in [0.717, 1.165) is 12.8 Å². The third-order valence-electron chi connectivity index (χ3n) is 2.24. The van der Waals surface area contributed by atoms with E-state index in [1.165, 1.54) is 12.8 Å². The molecule has 84 valence electrons. The van der Waals surface area contributed by atoms with Gasteiger partial charge in [-0.3, -0.25) is 4.79 Å². The van der Waals surface area contributed by atoms with Crippen LogP contribution < -0.4 is 5.73 Å². The maximum atomic E-state index is 11.6. The predicted molar refractivity (Wildman–Crippen MR) is 61.2 cm³/mol. The first-order valence-electron chi connectivity index (χ1n) is 5.65. The molecule has 0 fully saturated rings. The molecule has 0 aromatic rings. The minimum absolute atomic E-state index is 0.0689. The average Bonchev–Trinajstić information content (AvgIpc) is 2.01. The van der Waals surface area contributed by atoms with E-state index in [2.05, 4.69) is 27.7 Å². The van der Waals surface area contributed by atoms with Crippen molar-refractivity contribution in [3.05, 3.63) is 0 Å². The highest BCUT2D eigenvalue weighted by atomic mass is 16.1. The summed E-state index contributed by atoms with van der Waals surface area (Å²) in [4.78, 5) is 11.6. The second-order valence-corrected chi connectivity index (χ2v) is 5.31. The monoisotopic (exact) mass is 199 g/mol. The first-order chi connectivity index (χ1) is 6.37. The van der Waals surface area contributed by atoms with Gasteiger partial charge in [-0.15, -0.1) is 0 Å². The zero-order valence-electron chi connectivity index (χ0n) is 10.1. The maximum Gasteiger partial charge on any atom is 0.150 e. The van der Waals surface area contributed by atoms with Crippen molar-refractivity contribution in [1.82, 2.24) is 0 Å². The third kappa shape index (κ3) is 7.07. The van der Waals surface area contributed by atoms with Gasteiger partial charge in [-0.25, -0.2) is 0 Å². The number of carbonyl (C=O) groups excluding carboxylic acids is 1. The molecule has 0 heterocycles. The average molecular weight is 199 g/mol. The van der Waals surface area contributed by atoms with E-state index in [9.17, 15) is 4.79 Å². The molecule has 1 atom stereocenters. The van der Waals surface area contributed by atoms with Crippen molar-refractivity contribution in [2.24, 2.45) is 11.1 Å². The molecule has 0 rings (SSSR count). The Kier molecular flexibility index (Phi) is 6.01. The Balaban J connectivity index is 3.77. The number of ketones is 1. The fraction of sp³-hybridized carbons (Fsp3) is 0.917. The minimum atomic E-state index is -0.235. The van der Waals surface area contributed by atoms with Crippen molar-refractivity contribution >= 4 is 5.78 Å². The van der Waals surface area contributed by atoms with Gasteiger partial charge >= 0.3 is 0 Å². The molecule has 2 heteroatoms. The van der Waals surface area contributed by atoms with Gasteiger partial charge in [0.1, 0.15) is 5.78 Å². The summed E-state index contributed by atoms with van der Waals surface area (Å²) in [5, 5.41) is 0. The molecule has 14 heavy (non-hydrogen) atoms. The number of carbonyl (C=O) groups is 1. The molecule has 2 N–H and O–H groups in total. The summed E-state index contributed by atoms with van der Waals surface area (Å²) in [6.45, 7) is 8.37. The summed E-state index contributed by atoms with van der Waals surface area (Å²) in [7, 11) is 0. The van der Waals surface area contributed by atoms with E-state index in [1.54, 1.807) is 0 Å². The number of hydrogen-bond donors (Lipinski definition) is 1. The van der Waals surface area contributed by atoms with Crippen LogP contribution in [0.3, 0.4) is 0 Å². The molecule has 0 unspecified atom stereocenters. The van der Waals surface area contributed by atoms with Crippen LogP contribution in [-0.4, -0.2) is 11.8 Å². The molecular formula is C12H25NO. The highest BCUT2D eigenvalue weighted by molar-refractivity contribution is 5.84. The standard InChI is InChI=1S/C12H25NO/c1-5-6-7-8-10(13)11(14)9-12(2,3)4/h10H,5-9,13H2,1-4H3/t10-/m1/s1. The summed E-state index contributed by atoms with van der Waals surface area (Å²) in [6, 6.07) is -0.235. The van der Waals surface area contributed by atoms with E-state index < -0.39 is 0 Å². The second-order valence-electron chi connectivity index (χ2n) is 5.31. The summed E-state index contributed by atoms with van der Waals surface area (Å²) in [5.41, 5.74) is 5.88. The molecule has 0 saturated heterocycles. The van der Waals surface area contributed by atoms with E-state index in [0.29, 0.717) is 6.42 Å². The van der Waals surface area contributed by atoms with E-state index >= 15 is 0 Å². The molecule has 0 aliphatic carbocycles. The molecule has 0 radical (unpaired) electrons. The van der Waals surface area contributed by atoms with Gasteiger partial charge in [0, 0.05) is 6.42 Å². The Morgan fingerprint density at radius 2 is 1.86 bits per heavy atom. The molecule has 0 amide bonds. The molecule has 0 aliphatic heterocycles. The lowest BCUT2D eigenvalue weighted by Crippen LogP contribution is -2.33. The lowest BCUT2D eigenvalue weighted by Gasteiger charge is -2.19. The van der Waals surface area contributed by atoms with Gasteiger partial charge in [0.15, 0.2) is 0 Å². The van der Waals surface area contributed by atoms with Crippen LogP contribution in [0.4, 0.5) is 0 Å². The van der Waals surface area contributed by atoms with Gasteiger partial charge in [-0.2, -0.15) is 0 Å². The molecular weight excluding hydrogens is 174 g/mol. The normalized spacial score (nSPS) is 14.1. The van der Waals surface area contributed by atoms with Crippen molar-refractivity contribution in [3.8, 4) is 0 Å². The zero-order valence-corrected chi connectivity index (χ0v) is 10.1. The molecule has 0 saturated carbocycles. The van der Waals surface area contributed by atoms with Gasteiger partial charge in [-0.05, 0) is 11.8 Å². The van der Waals surface area contributed by atoms with Crippen LogP contribution in [-0.2, 0) is 4.79 Å². The topological polar surface area (TPSA) is 43.1 Å². The molecule has 0 aromatic carbocycles. The van der Waals surface area contributed by atoms with E-state index in [1.807, 2.05) is 0 Å². The van der Waals surface area contributed by atoms with Gasteiger partial charge in [0.05, 0.1) is 6.04 Å². The fourth-order valence-electron chi connectivity index (χ4n) is 1.43. The number of hydrogen-bond acceptors (Lipinski definition) is 2. The maximum absolute atomic E-state index is 11.6. The van der Waals surface area contributed by atoms with Crippen molar-refractivity contribution in [1.29, 1.82) is 0 Å². The van der Waals surface area contributed by atoms with Crippen molar-refractivity contribution < 1.29 is 4.79 Å².